The fourth-order valence-electron chi connectivity index (χ4n) is 2.37. The summed E-state index contributed by atoms with van der Waals surface area (Å²) in [6.07, 6.45) is 0. The molecule has 0 bridgehead atoms. The molecule has 4 nitrogen and oxygen atoms in total. The van der Waals surface area contributed by atoms with Crippen LogP contribution in [0.25, 0.3) is 10.9 Å². The van der Waals surface area contributed by atoms with Gasteiger partial charge in [0.2, 0.25) is 0 Å². The first kappa shape index (κ1) is 15.3. The minimum absolute atomic E-state index is 0.201. The van der Waals surface area contributed by atoms with Crippen LogP contribution in [0.15, 0.2) is 47.3 Å². The lowest BCUT2D eigenvalue weighted by molar-refractivity contribution is 0.499. The van der Waals surface area contributed by atoms with Crippen LogP contribution in [-0.4, -0.2) is 9.97 Å². The lowest BCUT2D eigenvalue weighted by Crippen LogP contribution is -2.22. The molecule has 0 saturated heterocycles. The summed E-state index contributed by atoms with van der Waals surface area (Å²) in [5.41, 5.74) is 1.04. The van der Waals surface area contributed by atoms with E-state index in [4.69, 9.17) is 0 Å². The van der Waals surface area contributed by atoms with Crippen LogP contribution in [0.1, 0.15) is 24.4 Å². The number of halogens is 2. The zero-order chi connectivity index (χ0) is 16.4. The van der Waals surface area contributed by atoms with Gasteiger partial charge < -0.3 is 10.3 Å². The van der Waals surface area contributed by atoms with Crippen molar-refractivity contribution in [2.45, 2.75) is 19.5 Å². The average molecular weight is 315 g/mol. The molecule has 1 atom stereocenters. The first-order valence-corrected chi connectivity index (χ1v) is 7.21. The van der Waals surface area contributed by atoms with Gasteiger partial charge in [-0.15, -0.1) is 0 Å². The van der Waals surface area contributed by atoms with E-state index in [0.717, 1.165) is 12.1 Å². The molecule has 2 aromatic carbocycles. The quantitative estimate of drug-likeness (QED) is 0.778. The van der Waals surface area contributed by atoms with Gasteiger partial charge in [-0.1, -0.05) is 18.2 Å². The maximum atomic E-state index is 13.3. The van der Waals surface area contributed by atoms with Gasteiger partial charge in [-0.3, -0.25) is 4.79 Å². The van der Waals surface area contributed by atoms with Gasteiger partial charge in [0.25, 0.3) is 5.56 Å². The van der Waals surface area contributed by atoms with E-state index in [2.05, 4.69) is 15.3 Å². The molecule has 0 aliphatic heterocycles. The lowest BCUT2D eigenvalue weighted by atomic mass is 10.1. The number of H-pyrrole nitrogens is 1. The second-order valence-corrected chi connectivity index (χ2v) is 5.31. The lowest BCUT2D eigenvalue weighted by Gasteiger charge is -2.14. The average Bonchev–Trinajstić information content (AvgIpc) is 2.55. The van der Waals surface area contributed by atoms with E-state index in [0.29, 0.717) is 28.8 Å². The van der Waals surface area contributed by atoms with Crippen molar-refractivity contribution < 1.29 is 8.78 Å². The van der Waals surface area contributed by atoms with Gasteiger partial charge in [-0.25, -0.2) is 13.8 Å². The molecule has 1 aromatic heterocycles. The Morgan fingerprint density at radius 3 is 2.74 bits per heavy atom. The van der Waals surface area contributed by atoms with Gasteiger partial charge >= 0.3 is 0 Å². The van der Waals surface area contributed by atoms with Gasteiger partial charge in [0, 0.05) is 6.04 Å². The molecule has 6 heteroatoms. The summed E-state index contributed by atoms with van der Waals surface area (Å²) in [5, 5.41) is 3.66. The zero-order valence-electron chi connectivity index (χ0n) is 12.4. The van der Waals surface area contributed by atoms with Crippen molar-refractivity contribution in [2.75, 3.05) is 0 Å². The number of aromatic amines is 1. The summed E-state index contributed by atoms with van der Waals surface area (Å²) in [7, 11) is 0. The van der Waals surface area contributed by atoms with E-state index in [1.165, 1.54) is 6.07 Å². The first-order chi connectivity index (χ1) is 11.0. The Balaban J connectivity index is 1.77. The van der Waals surface area contributed by atoms with E-state index in [-0.39, 0.29) is 11.6 Å². The molecule has 3 aromatic rings. The predicted octanol–water partition coefficient (Wildman–Crippen LogP) is 3.05. The second kappa shape index (κ2) is 6.26. The minimum atomic E-state index is -0.881. The van der Waals surface area contributed by atoms with Crippen molar-refractivity contribution in [3.63, 3.8) is 0 Å². The van der Waals surface area contributed by atoms with Crippen LogP contribution >= 0.6 is 0 Å². The summed E-state index contributed by atoms with van der Waals surface area (Å²) >= 11 is 0. The number of rotatable bonds is 4. The third-order valence-corrected chi connectivity index (χ3v) is 3.68. The smallest absolute Gasteiger partial charge is 0.258 e. The number of hydrogen-bond donors (Lipinski definition) is 2. The molecule has 2 N–H and O–H groups in total. The Labute approximate surface area is 131 Å². The van der Waals surface area contributed by atoms with E-state index in [1.807, 2.05) is 13.0 Å². The fraction of sp³-hybridized carbons (Fsp3) is 0.176. The normalized spacial score (nSPS) is 12.5. The number of hydrogen-bond acceptors (Lipinski definition) is 3. The molecule has 0 fully saturated rings. The van der Waals surface area contributed by atoms with Crippen LogP contribution in [0, 0.1) is 11.6 Å². The molecule has 0 amide bonds. The van der Waals surface area contributed by atoms with Crippen LogP contribution in [-0.2, 0) is 6.54 Å². The largest absolute Gasteiger partial charge is 0.309 e. The van der Waals surface area contributed by atoms with Gasteiger partial charge in [0.1, 0.15) is 5.82 Å². The fourth-order valence-corrected chi connectivity index (χ4v) is 2.37. The van der Waals surface area contributed by atoms with Gasteiger partial charge in [0.05, 0.1) is 17.4 Å². The molecule has 0 unspecified atom stereocenters. The third kappa shape index (κ3) is 3.27. The minimum Gasteiger partial charge on any atom is -0.309 e. The van der Waals surface area contributed by atoms with Crippen molar-refractivity contribution in [3.05, 3.63) is 75.8 Å². The highest BCUT2D eigenvalue weighted by Crippen LogP contribution is 2.16. The standard InChI is InChI=1S/C17H15F2N3O/c1-10(11-6-7-13(18)14(19)8-11)20-9-16-21-15-5-3-2-4-12(15)17(23)22-16/h2-8,10,20H,9H2,1H3,(H,21,22,23)/t10-/m1/s1. The first-order valence-electron chi connectivity index (χ1n) is 7.21. The number of para-hydroxylation sites is 1. The summed E-state index contributed by atoms with van der Waals surface area (Å²) in [4.78, 5) is 19.1. The number of nitrogens with zero attached hydrogens (tertiary/aromatic N) is 1. The van der Waals surface area contributed by atoms with Gasteiger partial charge in [-0.05, 0) is 36.8 Å². The number of benzene rings is 2. The topological polar surface area (TPSA) is 57.8 Å². The molecule has 3 rings (SSSR count). The molecule has 0 spiro atoms. The molecule has 1 heterocycles. The zero-order valence-corrected chi connectivity index (χ0v) is 12.4. The van der Waals surface area contributed by atoms with Crippen molar-refractivity contribution in [1.29, 1.82) is 0 Å². The molecule has 0 aliphatic rings. The van der Waals surface area contributed by atoms with Crippen LogP contribution < -0.4 is 10.9 Å². The molecule has 0 aliphatic carbocycles. The molecule has 0 saturated carbocycles. The van der Waals surface area contributed by atoms with Crippen LogP contribution in [0.5, 0.6) is 0 Å². The predicted molar refractivity (Wildman–Crippen MR) is 84.0 cm³/mol. The van der Waals surface area contributed by atoms with E-state index < -0.39 is 11.6 Å². The van der Waals surface area contributed by atoms with Crippen molar-refractivity contribution in [3.8, 4) is 0 Å². The summed E-state index contributed by atoms with van der Waals surface area (Å²) in [6.45, 7) is 2.13. The Kier molecular flexibility index (Phi) is 4.16. The highest BCUT2D eigenvalue weighted by molar-refractivity contribution is 5.77. The van der Waals surface area contributed by atoms with E-state index in [1.54, 1.807) is 18.2 Å². The molecule has 0 radical (unpaired) electrons. The van der Waals surface area contributed by atoms with Crippen LogP contribution in [0.4, 0.5) is 8.78 Å². The molecular weight excluding hydrogens is 300 g/mol. The maximum absolute atomic E-state index is 13.3. The van der Waals surface area contributed by atoms with Gasteiger partial charge in [-0.2, -0.15) is 0 Å². The van der Waals surface area contributed by atoms with Crippen LogP contribution in [0.3, 0.4) is 0 Å². The molecule has 118 valence electrons. The van der Waals surface area contributed by atoms with Crippen LogP contribution in [0.2, 0.25) is 0 Å². The number of aromatic nitrogens is 2. The van der Waals surface area contributed by atoms with E-state index in [9.17, 15) is 13.6 Å². The maximum Gasteiger partial charge on any atom is 0.258 e. The van der Waals surface area contributed by atoms with Crippen molar-refractivity contribution >= 4 is 10.9 Å². The monoisotopic (exact) mass is 315 g/mol. The third-order valence-electron chi connectivity index (χ3n) is 3.68. The second-order valence-electron chi connectivity index (χ2n) is 5.31. The Hall–Kier alpha value is -2.60. The SMILES string of the molecule is C[C@@H](NCc1nc2ccccc2c(=O)[nH]1)c1ccc(F)c(F)c1. The highest BCUT2D eigenvalue weighted by atomic mass is 19.2. The molecular formula is C17H15F2N3O. The number of fused-ring (bicyclic) bond motifs is 1. The van der Waals surface area contributed by atoms with Crippen molar-refractivity contribution in [1.82, 2.24) is 15.3 Å². The Morgan fingerprint density at radius 2 is 1.96 bits per heavy atom. The number of nitrogens with one attached hydrogen (secondary N) is 2. The Morgan fingerprint density at radius 1 is 1.17 bits per heavy atom. The summed E-state index contributed by atoms with van der Waals surface area (Å²) in [6, 6.07) is 10.6. The van der Waals surface area contributed by atoms with E-state index >= 15 is 0 Å². The summed E-state index contributed by atoms with van der Waals surface area (Å²) < 4.78 is 26.2. The highest BCUT2D eigenvalue weighted by Gasteiger charge is 2.10. The Bertz CT molecular complexity index is 908. The summed E-state index contributed by atoms with van der Waals surface area (Å²) in [5.74, 6) is -1.27. The van der Waals surface area contributed by atoms with Crippen molar-refractivity contribution in [2.24, 2.45) is 0 Å². The van der Waals surface area contributed by atoms with Gasteiger partial charge in [0.15, 0.2) is 11.6 Å². The molecule has 23 heavy (non-hydrogen) atoms.